The third kappa shape index (κ3) is 4.31. The van der Waals surface area contributed by atoms with Crippen LogP contribution in [0, 0.1) is 11.6 Å². The lowest BCUT2D eigenvalue weighted by Gasteiger charge is -2.14. The predicted molar refractivity (Wildman–Crippen MR) is 130 cm³/mol. The van der Waals surface area contributed by atoms with Gasteiger partial charge in [-0.05, 0) is 47.5 Å². The summed E-state index contributed by atoms with van der Waals surface area (Å²) in [6.45, 7) is 0.129. The molecule has 0 radical (unpaired) electrons. The molecule has 2 heterocycles. The van der Waals surface area contributed by atoms with E-state index in [1.165, 1.54) is 46.8 Å². The SMILES string of the molecule is COc1cc(-c2cc(F)cc3c2n(C)c(=O)n3Cc2ccc(Cl)cc2)cc(F)c1OCc1nc[nH]n1. The molecule has 1 N–H and O–H groups in total. The largest absolute Gasteiger partial charge is 0.493 e. The fourth-order valence-electron chi connectivity index (χ4n) is 4.13. The first-order valence-electron chi connectivity index (χ1n) is 10.8. The molecule has 0 atom stereocenters. The Labute approximate surface area is 208 Å². The Morgan fingerprint density at radius 1 is 1.11 bits per heavy atom. The molecule has 36 heavy (non-hydrogen) atoms. The van der Waals surface area contributed by atoms with E-state index in [4.69, 9.17) is 21.1 Å². The topological polar surface area (TPSA) is 87.0 Å². The first-order chi connectivity index (χ1) is 17.4. The summed E-state index contributed by atoms with van der Waals surface area (Å²) in [5.41, 5.74) is 1.95. The van der Waals surface area contributed by atoms with Gasteiger partial charge in [0.2, 0.25) is 0 Å². The van der Waals surface area contributed by atoms with Crippen molar-refractivity contribution in [3.63, 3.8) is 0 Å². The fraction of sp³-hybridized carbons (Fsp3) is 0.160. The summed E-state index contributed by atoms with van der Waals surface area (Å²) < 4.78 is 43.8. The Morgan fingerprint density at radius 2 is 1.89 bits per heavy atom. The van der Waals surface area contributed by atoms with Crippen LogP contribution >= 0.6 is 11.6 Å². The van der Waals surface area contributed by atoms with Gasteiger partial charge >= 0.3 is 5.69 Å². The number of hydrogen-bond acceptors (Lipinski definition) is 5. The highest BCUT2D eigenvalue weighted by Gasteiger charge is 2.21. The summed E-state index contributed by atoms with van der Waals surface area (Å²) in [6.07, 6.45) is 1.38. The van der Waals surface area contributed by atoms with Gasteiger partial charge < -0.3 is 9.47 Å². The molecule has 0 fully saturated rings. The van der Waals surface area contributed by atoms with Gasteiger partial charge in [-0.1, -0.05) is 23.7 Å². The Kier molecular flexibility index (Phi) is 6.19. The van der Waals surface area contributed by atoms with Crippen LogP contribution in [0.4, 0.5) is 8.78 Å². The molecule has 8 nitrogen and oxygen atoms in total. The van der Waals surface area contributed by atoms with Gasteiger partial charge in [-0.25, -0.2) is 18.6 Å². The Hall–Kier alpha value is -4.18. The van der Waals surface area contributed by atoms with Crippen molar-refractivity contribution in [2.45, 2.75) is 13.2 Å². The second kappa shape index (κ2) is 9.46. The number of methoxy groups -OCH3 is 1. The van der Waals surface area contributed by atoms with E-state index in [2.05, 4.69) is 15.2 Å². The van der Waals surface area contributed by atoms with Gasteiger partial charge in [0.25, 0.3) is 0 Å². The lowest BCUT2D eigenvalue weighted by atomic mass is 10.0. The number of benzene rings is 3. The van der Waals surface area contributed by atoms with Crippen molar-refractivity contribution in [2.24, 2.45) is 7.05 Å². The quantitative estimate of drug-likeness (QED) is 0.342. The molecule has 184 valence electrons. The van der Waals surface area contributed by atoms with E-state index >= 15 is 4.39 Å². The molecule has 5 aromatic rings. The minimum Gasteiger partial charge on any atom is -0.493 e. The molecule has 5 rings (SSSR count). The molecule has 0 saturated carbocycles. The van der Waals surface area contributed by atoms with Gasteiger partial charge in [-0.15, -0.1) is 0 Å². The summed E-state index contributed by atoms with van der Waals surface area (Å²) in [5, 5.41) is 7.00. The van der Waals surface area contributed by atoms with E-state index in [9.17, 15) is 9.18 Å². The molecule has 0 aliphatic rings. The highest BCUT2D eigenvalue weighted by molar-refractivity contribution is 6.30. The maximum Gasteiger partial charge on any atom is 0.329 e. The second-order valence-corrected chi connectivity index (χ2v) is 8.51. The van der Waals surface area contributed by atoms with E-state index in [1.54, 1.807) is 31.3 Å². The number of imidazole rings is 1. The third-order valence-corrected chi connectivity index (χ3v) is 6.06. The summed E-state index contributed by atoms with van der Waals surface area (Å²) in [7, 11) is 2.96. The number of aryl methyl sites for hydroxylation is 1. The van der Waals surface area contributed by atoms with Crippen molar-refractivity contribution in [2.75, 3.05) is 7.11 Å². The van der Waals surface area contributed by atoms with Crippen LogP contribution in [0.1, 0.15) is 11.4 Å². The number of ether oxygens (including phenoxy) is 2. The zero-order valence-corrected chi connectivity index (χ0v) is 20.0. The third-order valence-electron chi connectivity index (χ3n) is 5.80. The van der Waals surface area contributed by atoms with Gasteiger partial charge in [0.05, 0.1) is 24.7 Å². The van der Waals surface area contributed by atoms with Crippen molar-refractivity contribution >= 4 is 22.6 Å². The van der Waals surface area contributed by atoms with Crippen molar-refractivity contribution in [3.05, 3.63) is 93.4 Å². The lowest BCUT2D eigenvalue weighted by molar-refractivity contribution is 0.263. The Balaban J connectivity index is 1.61. The normalized spacial score (nSPS) is 11.2. The predicted octanol–water partition coefficient (Wildman–Crippen LogP) is 4.69. The Bertz CT molecular complexity index is 1610. The maximum absolute atomic E-state index is 15.2. The van der Waals surface area contributed by atoms with Gasteiger partial charge in [0.15, 0.2) is 23.1 Å². The van der Waals surface area contributed by atoms with Gasteiger partial charge in [0, 0.05) is 17.6 Å². The van der Waals surface area contributed by atoms with Crippen molar-refractivity contribution in [1.29, 1.82) is 0 Å². The molecule has 3 aromatic carbocycles. The number of fused-ring (bicyclic) bond motifs is 1. The second-order valence-electron chi connectivity index (χ2n) is 8.07. The zero-order valence-electron chi connectivity index (χ0n) is 19.3. The smallest absolute Gasteiger partial charge is 0.329 e. The number of rotatable bonds is 7. The van der Waals surface area contributed by atoms with Crippen molar-refractivity contribution in [3.8, 4) is 22.6 Å². The number of hydrogen-bond donors (Lipinski definition) is 1. The van der Waals surface area contributed by atoms with Gasteiger partial charge in [-0.3, -0.25) is 14.2 Å². The molecule has 0 bridgehead atoms. The van der Waals surface area contributed by atoms with Crippen molar-refractivity contribution < 1.29 is 18.3 Å². The fourth-order valence-corrected chi connectivity index (χ4v) is 4.25. The van der Waals surface area contributed by atoms with Crippen LogP contribution in [0.25, 0.3) is 22.2 Å². The van der Waals surface area contributed by atoms with E-state index in [0.29, 0.717) is 33.0 Å². The number of nitrogens with zero attached hydrogens (tertiary/aromatic N) is 4. The van der Waals surface area contributed by atoms with Crippen LogP contribution in [-0.2, 0) is 20.2 Å². The molecule has 0 spiro atoms. The molecule has 2 aromatic heterocycles. The molecule has 0 saturated heterocycles. The van der Waals surface area contributed by atoms with E-state index in [-0.39, 0.29) is 30.3 Å². The number of H-pyrrole nitrogens is 1. The molecular formula is C25H20ClF2N5O3. The highest BCUT2D eigenvalue weighted by atomic mass is 35.5. The van der Waals surface area contributed by atoms with E-state index in [1.807, 2.05) is 0 Å². The first-order valence-corrected chi connectivity index (χ1v) is 11.2. The molecule has 0 aliphatic heterocycles. The summed E-state index contributed by atoms with van der Waals surface area (Å²) in [5.74, 6) is -0.985. The molecular weight excluding hydrogens is 492 g/mol. The summed E-state index contributed by atoms with van der Waals surface area (Å²) in [6, 6.07) is 12.3. The number of aromatic nitrogens is 5. The molecule has 0 aliphatic carbocycles. The van der Waals surface area contributed by atoms with Crippen LogP contribution in [-0.4, -0.2) is 31.4 Å². The molecule has 11 heteroatoms. The number of aromatic amines is 1. The lowest BCUT2D eigenvalue weighted by Crippen LogP contribution is -2.22. The monoisotopic (exact) mass is 511 g/mol. The summed E-state index contributed by atoms with van der Waals surface area (Å²) >= 11 is 5.97. The minimum atomic E-state index is -0.720. The van der Waals surface area contributed by atoms with Crippen LogP contribution in [0.5, 0.6) is 11.5 Å². The molecule has 0 amide bonds. The average Bonchev–Trinajstić information content (AvgIpc) is 3.46. The van der Waals surface area contributed by atoms with Crippen LogP contribution in [0.2, 0.25) is 5.02 Å². The summed E-state index contributed by atoms with van der Waals surface area (Å²) in [4.78, 5) is 17.1. The standard InChI is InChI=1S/C25H20ClF2N5O3/c1-32-23-18(15-7-19(28)24(21(8-15)35-2)36-12-22-29-13-30-31-22)9-17(27)10-20(23)33(25(32)34)11-14-3-5-16(26)6-4-14/h3-10,13H,11-12H2,1-2H3,(H,29,30,31). The minimum absolute atomic E-state index is 0.0810. The van der Waals surface area contributed by atoms with Gasteiger partial charge in [-0.2, -0.15) is 5.10 Å². The average molecular weight is 512 g/mol. The highest BCUT2D eigenvalue weighted by Crippen LogP contribution is 2.38. The van der Waals surface area contributed by atoms with Crippen molar-refractivity contribution in [1.82, 2.24) is 24.3 Å². The van der Waals surface area contributed by atoms with Crippen LogP contribution in [0.3, 0.4) is 0 Å². The number of halogens is 3. The maximum atomic E-state index is 15.2. The van der Waals surface area contributed by atoms with E-state index in [0.717, 1.165) is 5.56 Å². The van der Waals surface area contributed by atoms with Crippen LogP contribution < -0.4 is 15.2 Å². The zero-order chi connectivity index (χ0) is 25.4. The van der Waals surface area contributed by atoms with E-state index < -0.39 is 11.6 Å². The first kappa shape index (κ1) is 23.6. The molecule has 0 unspecified atom stereocenters. The van der Waals surface area contributed by atoms with Gasteiger partial charge in [0.1, 0.15) is 18.8 Å². The van der Waals surface area contributed by atoms with Crippen LogP contribution in [0.15, 0.2) is 59.7 Å². The Morgan fingerprint density at radius 3 is 2.58 bits per heavy atom. The number of nitrogens with one attached hydrogen (secondary N) is 1.